The standard InChI is InChI=1S/C22H20N2O4/c1-15(22(26)24-18-9-11-19(27-2)12-10-18)28-20(25)13-8-17-6-3-5-16-7-4-14-23-21(16)17/h3-15H,1-2H3,(H,24,26)/b13-8+. The van der Waals surface area contributed by atoms with Crippen LogP contribution in [0.4, 0.5) is 5.69 Å². The normalized spacial score (nSPS) is 11.9. The fraction of sp³-hybridized carbons (Fsp3) is 0.136. The molecule has 0 bridgehead atoms. The molecule has 0 aliphatic carbocycles. The number of hydrogen-bond donors (Lipinski definition) is 1. The van der Waals surface area contributed by atoms with E-state index in [4.69, 9.17) is 9.47 Å². The molecule has 6 nitrogen and oxygen atoms in total. The molecule has 0 saturated carbocycles. The van der Waals surface area contributed by atoms with Crippen molar-refractivity contribution < 1.29 is 19.1 Å². The van der Waals surface area contributed by atoms with Crippen LogP contribution in [-0.4, -0.2) is 30.1 Å². The van der Waals surface area contributed by atoms with Crippen LogP contribution < -0.4 is 10.1 Å². The average Bonchev–Trinajstić information content (AvgIpc) is 2.72. The van der Waals surface area contributed by atoms with Gasteiger partial charge >= 0.3 is 5.97 Å². The van der Waals surface area contributed by atoms with Crippen molar-refractivity contribution in [2.45, 2.75) is 13.0 Å². The lowest BCUT2D eigenvalue weighted by Crippen LogP contribution is -2.29. The molecule has 0 fully saturated rings. The summed E-state index contributed by atoms with van der Waals surface area (Å²) in [6.45, 7) is 1.52. The molecule has 6 heteroatoms. The highest BCUT2D eigenvalue weighted by molar-refractivity contribution is 5.97. The molecule has 0 aliphatic heterocycles. The smallest absolute Gasteiger partial charge is 0.331 e. The number of benzene rings is 2. The van der Waals surface area contributed by atoms with E-state index in [1.807, 2.05) is 30.3 Å². The number of ether oxygens (including phenoxy) is 2. The number of pyridine rings is 1. The quantitative estimate of drug-likeness (QED) is 0.523. The van der Waals surface area contributed by atoms with Crippen molar-refractivity contribution >= 4 is 34.5 Å². The summed E-state index contributed by atoms with van der Waals surface area (Å²) in [4.78, 5) is 28.6. The van der Waals surface area contributed by atoms with Crippen molar-refractivity contribution in [3.8, 4) is 5.75 Å². The summed E-state index contributed by atoms with van der Waals surface area (Å²) in [7, 11) is 1.57. The van der Waals surface area contributed by atoms with Gasteiger partial charge in [-0.05, 0) is 43.3 Å². The third-order valence-electron chi connectivity index (χ3n) is 4.08. The zero-order chi connectivity index (χ0) is 19.9. The number of carbonyl (C=O) groups excluding carboxylic acids is 2. The van der Waals surface area contributed by atoms with E-state index in [-0.39, 0.29) is 0 Å². The molecule has 3 aromatic rings. The first-order chi connectivity index (χ1) is 13.6. The molecule has 0 radical (unpaired) electrons. The van der Waals surface area contributed by atoms with Crippen LogP contribution in [0, 0.1) is 0 Å². The molecule has 0 spiro atoms. The lowest BCUT2D eigenvalue weighted by Gasteiger charge is -2.12. The van der Waals surface area contributed by atoms with Gasteiger partial charge in [-0.2, -0.15) is 0 Å². The van der Waals surface area contributed by atoms with E-state index in [1.165, 1.54) is 13.0 Å². The maximum Gasteiger partial charge on any atom is 0.331 e. The number of esters is 1. The molecular weight excluding hydrogens is 356 g/mol. The predicted octanol–water partition coefficient (Wildman–Crippen LogP) is 3.83. The number of carbonyl (C=O) groups is 2. The van der Waals surface area contributed by atoms with Crippen molar-refractivity contribution in [2.24, 2.45) is 0 Å². The van der Waals surface area contributed by atoms with Gasteiger partial charge in [-0.15, -0.1) is 0 Å². The molecule has 1 aromatic heterocycles. The fourth-order valence-electron chi connectivity index (χ4n) is 2.61. The number of rotatable bonds is 6. The Labute approximate surface area is 162 Å². The van der Waals surface area contributed by atoms with E-state index in [1.54, 1.807) is 43.6 Å². The van der Waals surface area contributed by atoms with Gasteiger partial charge in [-0.25, -0.2) is 4.79 Å². The molecule has 142 valence electrons. The van der Waals surface area contributed by atoms with Gasteiger partial charge in [0.2, 0.25) is 0 Å². The van der Waals surface area contributed by atoms with Crippen molar-refractivity contribution in [1.29, 1.82) is 0 Å². The first kappa shape index (κ1) is 19.1. The second-order valence-electron chi connectivity index (χ2n) is 6.05. The van der Waals surface area contributed by atoms with E-state index < -0.39 is 18.0 Å². The molecular formula is C22H20N2O4. The van der Waals surface area contributed by atoms with Gasteiger partial charge in [0.25, 0.3) is 5.91 Å². The second kappa shape index (κ2) is 8.81. The molecule has 1 atom stereocenters. The summed E-state index contributed by atoms with van der Waals surface area (Å²) in [5.41, 5.74) is 2.18. The highest BCUT2D eigenvalue weighted by Crippen LogP contribution is 2.18. The molecule has 1 amide bonds. The third kappa shape index (κ3) is 4.73. The molecule has 0 saturated heterocycles. The Hall–Kier alpha value is -3.67. The van der Waals surface area contributed by atoms with E-state index >= 15 is 0 Å². The van der Waals surface area contributed by atoms with Crippen molar-refractivity contribution in [3.05, 3.63) is 72.4 Å². The van der Waals surface area contributed by atoms with Gasteiger partial charge in [0.05, 0.1) is 12.6 Å². The summed E-state index contributed by atoms with van der Waals surface area (Å²) >= 11 is 0. The number of methoxy groups -OCH3 is 1. The molecule has 1 N–H and O–H groups in total. The topological polar surface area (TPSA) is 77.5 Å². The van der Waals surface area contributed by atoms with Crippen molar-refractivity contribution in [2.75, 3.05) is 12.4 Å². The summed E-state index contributed by atoms with van der Waals surface area (Å²) in [5.74, 6) is -0.338. The van der Waals surface area contributed by atoms with Crippen LogP contribution in [0.25, 0.3) is 17.0 Å². The zero-order valence-electron chi connectivity index (χ0n) is 15.6. The Kier molecular flexibility index (Phi) is 6.01. The van der Waals surface area contributed by atoms with Crippen LogP contribution in [-0.2, 0) is 14.3 Å². The maximum absolute atomic E-state index is 12.2. The Bertz CT molecular complexity index is 1010. The second-order valence-corrected chi connectivity index (χ2v) is 6.05. The third-order valence-corrected chi connectivity index (χ3v) is 4.08. The predicted molar refractivity (Wildman–Crippen MR) is 108 cm³/mol. The number of nitrogens with one attached hydrogen (secondary N) is 1. The Morgan fingerprint density at radius 2 is 1.82 bits per heavy atom. The van der Waals surface area contributed by atoms with Crippen LogP contribution in [0.15, 0.2) is 66.9 Å². The van der Waals surface area contributed by atoms with Crippen LogP contribution in [0.3, 0.4) is 0 Å². The Morgan fingerprint density at radius 1 is 1.07 bits per heavy atom. The first-order valence-corrected chi connectivity index (χ1v) is 8.74. The van der Waals surface area contributed by atoms with Crippen LogP contribution >= 0.6 is 0 Å². The van der Waals surface area contributed by atoms with Gasteiger partial charge in [-0.3, -0.25) is 9.78 Å². The van der Waals surface area contributed by atoms with Gasteiger partial charge in [0.15, 0.2) is 6.10 Å². The minimum Gasteiger partial charge on any atom is -0.497 e. The minimum absolute atomic E-state index is 0.418. The number of para-hydroxylation sites is 1. The van der Waals surface area contributed by atoms with E-state index in [9.17, 15) is 9.59 Å². The molecule has 2 aromatic carbocycles. The number of fused-ring (bicyclic) bond motifs is 1. The average molecular weight is 376 g/mol. The van der Waals surface area contributed by atoms with E-state index in [0.29, 0.717) is 11.4 Å². The number of anilines is 1. The molecule has 3 rings (SSSR count). The minimum atomic E-state index is -0.940. The first-order valence-electron chi connectivity index (χ1n) is 8.74. The van der Waals surface area contributed by atoms with E-state index in [2.05, 4.69) is 10.3 Å². The summed E-state index contributed by atoms with van der Waals surface area (Å²) in [6, 6.07) is 16.4. The maximum atomic E-state index is 12.2. The van der Waals surface area contributed by atoms with Gasteiger partial charge in [0, 0.05) is 28.9 Å². The summed E-state index contributed by atoms with van der Waals surface area (Å²) in [6.07, 6.45) is 3.68. The molecule has 0 aliphatic rings. The number of aromatic nitrogens is 1. The molecule has 1 unspecified atom stereocenters. The Balaban J connectivity index is 1.60. The highest BCUT2D eigenvalue weighted by Gasteiger charge is 2.16. The van der Waals surface area contributed by atoms with E-state index in [0.717, 1.165) is 16.5 Å². The number of hydrogen-bond acceptors (Lipinski definition) is 5. The number of nitrogens with zero attached hydrogens (tertiary/aromatic N) is 1. The molecule has 1 heterocycles. The lowest BCUT2D eigenvalue weighted by atomic mass is 10.1. The monoisotopic (exact) mass is 376 g/mol. The van der Waals surface area contributed by atoms with Crippen LogP contribution in [0.2, 0.25) is 0 Å². The number of amides is 1. The summed E-state index contributed by atoms with van der Waals surface area (Å²) in [5, 5.41) is 3.67. The zero-order valence-corrected chi connectivity index (χ0v) is 15.6. The van der Waals surface area contributed by atoms with Crippen molar-refractivity contribution in [3.63, 3.8) is 0 Å². The fourth-order valence-corrected chi connectivity index (χ4v) is 2.61. The summed E-state index contributed by atoms with van der Waals surface area (Å²) < 4.78 is 10.3. The van der Waals surface area contributed by atoms with Crippen LogP contribution in [0.1, 0.15) is 12.5 Å². The van der Waals surface area contributed by atoms with Crippen molar-refractivity contribution in [1.82, 2.24) is 4.98 Å². The van der Waals surface area contributed by atoms with Gasteiger partial charge in [-0.1, -0.05) is 24.3 Å². The Morgan fingerprint density at radius 3 is 2.57 bits per heavy atom. The van der Waals surface area contributed by atoms with Crippen LogP contribution in [0.5, 0.6) is 5.75 Å². The largest absolute Gasteiger partial charge is 0.497 e. The van der Waals surface area contributed by atoms with Gasteiger partial charge < -0.3 is 14.8 Å². The highest BCUT2D eigenvalue weighted by atomic mass is 16.5. The molecule has 28 heavy (non-hydrogen) atoms. The SMILES string of the molecule is COc1ccc(NC(=O)C(C)OC(=O)/C=C/c2cccc3cccnc23)cc1. The lowest BCUT2D eigenvalue weighted by molar-refractivity contribution is -0.148. The van der Waals surface area contributed by atoms with Gasteiger partial charge in [0.1, 0.15) is 5.75 Å².